The number of carbonyl (C=O) groups excluding carboxylic acids is 2. The van der Waals surface area contributed by atoms with Crippen LogP contribution in [0, 0.1) is 13.8 Å². The summed E-state index contributed by atoms with van der Waals surface area (Å²) in [6.07, 6.45) is 5.16. The van der Waals surface area contributed by atoms with Crippen LogP contribution in [0.15, 0.2) is 102 Å². The van der Waals surface area contributed by atoms with E-state index in [4.69, 9.17) is 16.3 Å². The first-order valence-electron chi connectivity index (χ1n) is 16.7. The highest BCUT2D eigenvalue weighted by Crippen LogP contribution is 2.34. The normalized spacial score (nSPS) is 14.1. The minimum Gasteiger partial charge on any atom is -0.495 e. The molecule has 1 saturated carbocycles. The van der Waals surface area contributed by atoms with Crippen molar-refractivity contribution in [3.8, 4) is 5.75 Å². The molecule has 4 aromatic carbocycles. The van der Waals surface area contributed by atoms with Gasteiger partial charge in [-0.15, -0.1) is 0 Å². The van der Waals surface area contributed by atoms with E-state index in [-0.39, 0.29) is 35.5 Å². The van der Waals surface area contributed by atoms with Crippen LogP contribution in [0.1, 0.15) is 54.4 Å². The number of methoxy groups -OCH3 is 1. The van der Waals surface area contributed by atoms with E-state index in [1.807, 2.05) is 62.4 Å². The number of anilines is 1. The number of sulfonamides is 1. The van der Waals surface area contributed by atoms with Crippen molar-refractivity contribution in [2.75, 3.05) is 18.0 Å². The summed E-state index contributed by atoms with van der Waals surface area (Å²) < 4.78 is 35.6. The highest BCUT2D eigenvalue weighted by molar-refractivity contribution is 7.92. The first-order valence-corrected chi connectivity index (χ1v) is 18.5. The lowest BCUT2D eigenvalue weighted by atomic mass is 9.94. The van der Waals surface area contributed by atoms with E-state index < -0.39 is 28.5 Å². The zero-order valence-corrected chi connectivity index (χ0v) is 29.8. The molecule has 49 heavy (non-hydrogen) atoms. The fourth-order valence-electron chi connectivity index (χ4n) is 6.25. The second-order valence-electron chi connectivity index (χ2n) is 12.7. The highest BCUT2D eigenvalue weighted by Gasteiger charge is 2.36. The number of aryl methyl sites for hydroxylation is 2. The summed E-state index contributed by atoms with van der Waals surface area (Å²) in [5.74, 6) is -0.543. The molecule has 1 aliphatic rings. The number of rotatable bonds is 13. The number of benzene rings is 4. The third kappa shape index (κ3) is 9.02. The Labute approximate surface area is 295 Å². The predicted octanol–water partition coefficient (Wildman–Crippen LogP) is 7.25. The monoisotopic (exact) mass is 701 g/mol. The summed E-state index contributed by atoms with van der Waals surface area (Å²) >= 11 is 6.64. The summed E-state index contributed by atoms with van der Waals surface area (Å²) in [6.45, 7) is 3.13. The fraction of sp³-hybridized carbons (Fsp3) is 0.333. The van der Waals surface area contributed by atoms with Crippen molar-refractivity contribution in [1.82, 2.24) is 10.2 Å². The van der Waals surface area contributed by atoms with Gasteiger partial charge in [-0.05, 0) is 73.7 Å². The Balaban J connectivity index is 1.61. The number of carbonyl (C=O) groups is 2. The number of hydrogen-bond acceptors (Lipinski definition) is 5. The molecule has 0 unspecified atom stereocenters. The van der Waals surface area contributed by atoms with E-state index in [1.165, 1.54) is 24.1 Å². The van der Waals surface area contributed by atoms with Gasteiger partial charge >= 0.3 is 0 Å². The summed E-state index contributed by atoms with van der Waals surface area (Å²) in [5.41, 5.74) is 3.41. The van der Waals surface area contributed by atoms with Gasteiger partial charge in [-0.1, -0.05) is 103 Å². The first kappa shape index (κ1) is 36.0. The molecule has 258 valence electrons. The van der Waals surface area contributed by atoms with Crippen LogP contribution in [-0.4, -0.2) is 50.9 Å². The van der Waals surface area contributed by atoms with Crippen LogP contribution in [0.3, 0.4) is 0 Å². The number of nitrogens with zero attached hydrogens (tertiary/aromatic N) is 2. The average Bonchev–Trinajstić information content (AvgIpc) is 3.10. The van der Waals surface area contributed by atoms with Gasteiger partial charge in [-0.2, -0.15) is 0 Å². The van der Waals surface area contributed by atoms with Crippen molar-refractivity contribution in [2.24, 2.45) is 0 Å². The Morgan fingerprint density at radius 2 is 1.53 bits per heavy atom. The van der Waals surface area contributed by atoms with Gasteiger partial charge in [0, 0.05) is 24.0 Å². The summed E-state index contributed by atoms with van der Waals surface area (Å²) in [5, 5.41) is 3.67. The third-order valence-electron chi connectivity index (χ3n) is 9.01. The Hall–Kier alpha value is -4.34. The molecule has 0 aromatic heterocycles. The molecular weight excluding hydrogens is 658 g/mol. The minimum atomic E-state index is -4.28. The molecule has 0 heterocycles. The largest absolute Gasteiger partial charge is 0.495 e. The molecular formula is C39H44ClN3O5S. The quantitative estimate of drug-likeness (QED) is 0.159. The van der Waals surface area contributed by atoms with Crippen LogP contribution in [0.25, 0.3) is 0 Å². The predicted molar refractivity (Wildman–Crippen MR) is 194 cm³/mol. The van der Waals surface area contributed by atoms with Crippen molar-refractivity contribution in [2.45, 2.75) is 75.9 Å². The van der Waals surface area contributed by atoms with Crippen LogP contribution in [0.2, 0.25) is 5.02 Å². The van der Waals surface area contributed by atoms with Crippen LogP contribution >= 0.6 is 11.6 Å². The summed E-state index contributed by atoms with van der Waals surface area (Å²) in [4.78, 5) is 30.7. The molecule has 0 saturated heterocycles. The molecule has 0 spiro atoms. The molecule has 2 amide bonds. The van der Waals surface area contributed by atoms with Crippen molar-refractivity contribution in [3.63, 3.8) is 0 Å². The maximum Gasteiger partial charge on any atom is 0.264 e. The molecule has 0 aliphatic heterocycles. The van der Waals surface area contributed by atoms with Gasteiger partial charge in [0.25, 0.3) is 10.0 Å². The van der Waals surface area contributed by atoms with Crippen LogP contribution in [0.4, 0.5) is 5.69 Å². The zero-order valence-electron chi connectivity index (χ0n) is 28.3. The summed E-state index contributed by atoms with van der Waals surface area (Å²) in [6, 6.07) is 27.4. The zero-order chi connectivity index (χ0) is 35.0. The van der Waals surface area contributed by atoms with E-state index in [0.717, 1.165) is 53.1 Å². The van der Waals surface area contributed by atoms with Crippen molar-refractivity contribution in [1.29, 1.82) is 0 Å². The molecule has 0 radical (unpaired) electrons. The number of hydrogen-bond donors (Lipinski definition) is 1. The van der Waals surface area contributed by atoms with Crippen molar-refractivity contribution >= 4 is 39.1 Å². The second kappa shape index (κ2) is 16.4. The fourth-order valence-corrected chi connectivity index (χ4v) is 7.87. The van der Waals surface area contributed by atoms with Gasteiger partial charge in [-0.25, -0.2) is 8.42 Å². The highest BCUT2D eigenvalue weighted by atomic mass is 35.5. The molecule has 8 nitrogen and oxygen atoms in total. The van der Waals surface area contributed by atoms with Gasteiger partial charge in [0.05, 0.1) is 17.7 Å². The van der Waals surface area contributed by atoms with Gasteiger partial charge in [0.1, 0.15) is 18.3 Å². The number of nitrogens with one attached hydrogen (secondary N) is 1. The van der Waals surface area contributed by atoms with E-state index >= 15 is 0 Å². The van der Waals surface area contributed by atoms with E-state index in [2.05, 4.69) is 5.32 Å². The number of halogens is 1. The van der Waals surface area contributed by atoms with Crippen molar-refractivity contribution < 1.29 is 22.7 Å². The molecule has 4 aromatic rings. The van der Waals surface area contributed by atoms with E-state index in [9.17, 15) is 18.0 Å². The van der Waals surface area contributed by atoms with Crippen molar-refractivity contribution in [3.05, 3.63) is 124 Å². The molecule has 1 atom stereocenters. The van der Waals surface area contributed by atoms with Gasteiger partial charge in [0.15, 0.2) is 0 Å². The van der Waals surface area contributed by atoms with Crippen LogP contribution in [-0.2, 0) is 32.6 Å². The number of amides is 2. The minimum absolute atomic E-state index is 0.00251. The lowest BCUT2D eigenvalue weighted by Crippen LogP contribution is -2.55. The average molecular weight is 702 g/mol. The maximum atomic E-state index is 14.8. The molecule has 10 heteroatoms. The van der Waals surface area contributed by atoms with Crippen LogP contribution in [0.5, 0.6) is 5.75 Å². The Kier molecular flexibility index (Phi) is 12.0. The van der Waals surface area contributed by atoms with Gasteiger partial charge in [-0.3, -0.25) is 13.9 Å². The summed E-state index contributed by atoms with van der Waals surface area (Å²) in [7, 11) is -2.82. The molecule has 5 rings (SSSR count). The molecule has 1 N–H and O–H groups in total. The lowest BCUT2D eigenvalue weighted by molar-refractivity contribution is -0.140. The number of ether oxygens (including phenoxy) is 1. The maximum absolute atomic E-state index is 14.8. The van der Waals surface area contributed by atoms with E-state index in [1.54, 1.807) is 36.4 Å². The topological polar surface area (TPSA) is 96.0 Å². The van der Waals surface area contributed by atoms with Crippen LogP contribution < -0.4 is 14.4 Å². The first-order chi connectivity index (χ1) is 23.6. The molecule has 0 bridgehead atoms. The SMILES string of the molecule is COc1ccc(C)cc1N(CC(=O)N(Cc1ccccc1Cl)[C@@H](Cc1ccccc1)C(=O)NC1CCCCC1)S(=O)(=O)c1ccc(C)cc1. The van der Waals surface area contributed by atoms with Gasteiger partial charge < -0.3 is 15.0 Å². The Morgan fingerprint density at radius 1 is 0.878 bits per heavy atom. The molecule has 1 aliphatic carbocycles. The molecule has 1 fully saturated rings. The smallest absolute Gasteiger partial charge is 0.264 e. The second-order valence-corrected chi connectivity index (χ2v) is 14.9. The van der Waals surface area contributed by atoms with E-state index in [0.29, 0.717) is 16.3 Å². The third-order valence-corrected chi connectivity index (χ3v) is 11.2. The standard InChI is InChI=1S/C39H44ClN3O5S/c1-28-18-21-33(22-19-28)49(46,47)43(35-24-29(2)20-23-37(35)48-3)27-38(44)42(26-31-14-10-11-17-34(31)40)36(25-30-12-6-4-7-13-30)39(45)41-32-15-8-5-9-16-32/h4,6-7,10-14,17-24,32,36H,5,8-9,15-16,25-27H2,1-3H3,(H,41,45)/t36-/m0/s1. The Bertz CT molecular complexity index is 1840. The lowest BCUT2D eigenvalue weighted by Gasteiger charge is -2.35. The Morgan fingerprint density at radius 3 is 2.20 bits per heavy atom. The van der Waals surface area contributed by atoms with Gasteiger partial charge in [0.2, 0.25) is 11.8 Å².